The molecule has 9 heteroatoms. The first-order valence-electron chi connectivity index (χ1n) is 9.14. The fraction of sp³-hybridized carbons (Fsp3) is 0.136. The van der Waals surface area contributed by atoms with Gasteiger partial charge in [0.2, 0.25) is 5.75 Å². The molecule has 0 aliphatic heterocycles. The van der Waals surface area contributed by atoms with Crippen molar-refractivity contribution in [3.8, 4) is 17.2 Å². The van der Waals surface area contributed by atoms with Crippen LogP contribution < -0.4 is 25.0 Å². The number of amides is 2. The van der Waals surface area contributed by atoms with Gasteiger partial charge in [-0.15, -0.1) is 0 Å². The van der Waals surface area contributed by atoms with Crippen molar-refractivity contribution in [1.29, 1.82) is 0 Å². The van der Waals surface area contributed by atoms with Crippen molar-refractivity contribution in [3.05, 3.63) is 71.7 Å². The van der Waals surface area contributed by atoms with Crippen molar-refractivity contribution in [1.82, 2.24) is 5.43 Å². The first kappa shape index (κ1) is 21.4. The second-order valence-corrected chi connectivity index (χ2v) is 6.13. The van der Waals surface area contributed by atoms with Crippen molar-refractivity contribution < 1.29 is 28.2 Å². The van der Waals surface area contributed by atoms with E-state index in [1.807, 2.05) is 0 Å². The normalized spacial score (nSPS) is 10.5. The molecular weight excluding hydrogens is 402 g/mol. The van der Waals surface area contributed by atoms with Crippen LogP contribution in [0.15, 0.2) is 64.3 Å². The Morgan fingerprint density at radius 2 is 1.65 bits per heavy atom. The molecule has 0 aliphatic rings. The summed E-state index contributed by atoms with van der Waals surface area (Å²) in [6.45, 7) is 0. The highest BCUT2D eigenvalue weighted by atomic mass is 16.5. The number of benzene rings is 2. The maximum atomic E-state index is 12.9. The second kappa shape index (κ2) is 9.97. The molecule has 160 valence electrons. The molecule has 2 aromatic carbocycles. The number of para-hydroxylation sites is 1. The average Bonchev–Trinajstić information content (AvgIpc) is 3.31. The Balaban J connectivity index is 1.80. The SMILES string of the molecule is COc1cc(C(=O)Nc2ccccc2C(=O)N/N=C\c2ccco2)cc(OC)c1OC. The van der Waals surface area contributed by atoms with E-state index in [1.54, 1.807) is 36.4 Å². The largest absolute Gasteiger partial charge is 0.493 e. The summed E-state index contributed by atoms with van der Waals surface area (Å²) in [4.78, 5) is 25.4. The van der Waals surface area contributed by atoms with Crippen LogP contribution in [0.5, 0.6) is 17.2 Å². The van der Waals surface area contributed by atoms with Gasteiger partial charge in [0.05, 0.1) is 45.1 Å². The molecule has 0 aliphatic carbocycles. The van der Waals surface area contributed by atoms with Gasteiger partial charge >= 0.3 is 0 Å². The topological polar surface area (TPSA) is 111 Å². The summed E-state index contributed by atoms with van der Waals surface area (Å²) in [6, 6.07) is 13.0. The van der Waals surface area contributed by atoms with Crippen LogP contribution in [-0.2, 0) is 0 Å². The van der Waals surface area contributed by atoms with Crippen LogP contribution in [0.2, 0.25) is 0 Å². The number of rotatable bonds is 8. The highest BCUT2D eigenvalue weighted by molar-refractivity contribution is 6.09. The number of anilines is 1. The molecule has 1 aromatic heterocycles. The summed E-state index contributed by atoms with van der Waals surface area (Å²) in [5.41, 5.74) is 3.22. The van der Waals surface area contributed by atoms with Crippen LogP contribution in [-0.4, -0.2) is 39.4 Å². The molecule has 0 saturated carbocycles. The van der Waals surface area contributed by atoms with E-state index < -0.39 is 11.8 Å². The molecule has 3 rings (SSSR count). The van der Waals surface area contributed by atoms with Crippen LogP contribution >= 0.6 is 0 Å². The predicted octanol–water partition coefficient (Wildman–Crippen LogP) is 3.32. The van der Waals surface area contributed by atoms with Crippen molar-refractivity contribution in [2.75, 3.05) is 26.6 Å². The number of hydrogen-bond donors (Lipinski definition) is 2. The van der Waals surface area contributed by atoms with Gasteiger partial charge in [0, 0.05) is 5.56 Å². The van der Waals surface area contributed by atoms with Crippen LogP contribution in [0.1, 0.15) is 26.5 Å². The first-order valence-corrected chi connectivity index (χ1v) is 9.14. The van der Waals surface area contributed by atoms with Gasteiger partial charge in [-0.25, -0.2) is 5.43 Å². The molecule has 1 heterocycles. The van der Waals surface area contributed by atoms with Gasteiger partial charge in [-0.1, -0.05) is 12.1 Å². The van der Waals surface area contributed by atoms with E-state index in [4.69, 9.17) is 18.6 Å². The van der Waals surface area contributed by atoms with E-state index in [2.05, 4.69) is 15.8 Å². The van der Waals surface area contributed by atoms with Gasteiger partial charge in [0.1, 0.15) is 5.76 Å². The quantitative estimate of drug-likeness (QED) is 0.425. The highest BCUT2D eigenvalue weighted by Gasteiger charge is 2.19. The third kappa shape index (κ3) is 5.02. The number of methoxy groups -OCH3 is 3. The van der Waals surface area contributed by atoms with E-state index in [1.165, 1.54) is 45.9 Å². The predicted molar refractivity (Wildman–Crippen MR) is 114 cm³/mol. The van der Waals surface area contributed by atoms with Crippen LogP contribution in [0.4, 0.5) is 5.69 Å². The smallest absolute Gasteiger partial charge is 0.273 e. The molecule has 0 atom stereocenters. The standard InChI is InChI=1S/C22H21N3O6/c1-28-18-11-14(12-19(29-2)20(18)30-3)21(26)24-17-9-5-4-8-16(17)22(27)25-23-13-15-7-6-10-31-15/h4-13H,1-3H3,(H,24,26)(H,25,27)/b23-13-. The molecule has 0 radical (unpaired) electrons. The molecule has 2 N–H and O–H groups in total. The lowest BCUT2D eigenvalue weighted by Crippen LogP contribution is -2.21. The van der Waals surface area contributed by atoms with Crippen molar-refractivity contribution in [2.24, 2.45) is 5.10 Å². The van der Waals surface area contributed by atoms with Gasteiger partial charge in [-0.05, 0) is 36.4 Å². The Kier molecular flexibility index (Phi) is 6.89. The maximum Gasteiger partial charge on any atom is 0.273 e. The zero-order chi connectivity index (χ0) is 22.2. The Hall–Kier alpha value is -4.27. The number of furan rings is 1. The molecule has 0 spiro atoms. The van der Waals surface area contributed by atoms with Crippen LogP contribution in [0, 0.1) is 0 Å². The summed E-state index contributed by atoms with van der Waals surface area (Å²) in [6.07, 6.45) is 2.87. The Labute approximate surface area is 178 Å². The van der Waals surface area contributed by atoms with Gasteiger partial charge < -0.3 is 23.9 Å². The maximum absolute atomic E-state index is 12.9. The lowest BCUT2D eigenvalue weighted by atomic mass is 10.1. The van der Waals surface area contributed by atoms with Crippen LogP contribution in [0.25, 0.3) is 0 Å². The molecule has 0 unspecified atom stereocenters. The molecule has 0 fully saturated rings. The molecule has 0 saturated heterocycles. The van der Waals surface area contributed by atoms with Gasteiger partial charge in [-0.2, -0.15) is 5.10 Å². The van der Waals surface area contributed by atoms with E-state index in [0.29, 0.717) is 28.7 Å². The van der Waals surface area contributed by atoms with E-state index in [9.17, 15) is 9.59 Å². The van der Waals surface area contributed by atoms with E-state index in [0.717, 1.165) is 0 Å². The summed E-state index contributed by atoms with van der Waals surface area (Å²) in [7, 11) is 4.40. The zero-order valence-electron chi connectivity index (χ0n) is 17.2. The molecule has 3 aromatic rings. The fourth-order valence-electron chi connectivity index (χ4n) is 2.78. The summed E-state index contributed by atoms with van der Waals surface area (Å²) in [5, 5.41) is 6.58. The molecule has 0 bridgehead atoms. The van der Waals surface area contributed by atoms with E-state index >= 15 is 0 Å². The summed E-state index contributed by atoms with van der Waals surface area (Å²) < 4.78 is 21.0. The minimum atomic E-state index is -0.497. The summed E-state index contributed by atoms with van der Waals surface area (Å²) >= 11 is 0. The monoisotopic (exact) mass is 423 g/mol. The van der Waals surface area contributed by atoms with Crippen molar-refractivity contribution in [2.45, 2.75) is 0 Å². The Morgan fingerprint density at radius 1 is 0.935 bits per heavy atom. The van der Waals surface area contributed by atoms with Gasteiger partial charge in [-0.3, -0.25) is 9.59 Å². The minimum absolute atomic E-state index is 0.236. The van der Waals surface area contributed by atoms with Crippen molar-refractivity contribution in [3.63, 3.8) is 0 Å². The fourth-order valence-corrected chi connectivity index (χ4v) is 2.78. The number of nitrogens with zero attached hydrogens (tertiary/aromatic N) is 1. The number of carbonyl (C=O) groups excluding carboxylic acids is 2. The number of hydrazone groups is 1. The Bertz CT molecular complexity index is 1070. The molecular formula is C22H21N3O6. The highest BCUT2D eigenvalue weighted by Crippen LogP contribution is 2.38. The number of hydrogen-bond acceptors (Lipinski definition) is 7. The zero-order valence-corrected chi connectivity index (χ0v) is 17.2. The molecule has 9 nitrogen and oxygen atoms in total. The van der Waals surface area contributed by atoms with E-state index in [-0.39, 0.29) is 11.1 Å². The average molecular weight is 423 g/mol. The third-order valence-corrected chi connectivity index (χ3v) is 4.25. The molecule has 2 amide bonds. The lowest BCUT2D eigenvalue weighted by Gasteiger charge is -2.15. The lowest BCUT2D eigenvalue weighted by molar-refractivity contribution is 0.0956. The van der Waals surface area contributed by atoms with Gasteiger partial charge in [0.25, 0.3) is 11.8 Å². The first-order chi connectivity index (χ1) is 15.1. The van der Waals surface area contributed by atoms with Crippen LogP contribution in [0.3, 0.4) is 0 Å². The number of carbonyl (C=O) groups is 2. The molecule has 31 heavy (non-hydrogen) atoms. The second-order valence-electron chi connectivity index (χ2n) is 6.13. The number of ether oxygens (including phenoxy) is 3. The Morgan fingerprint density at radius 3 is 2.26 bits per heavy atom. The van der Waals surface area contributed by atoms with Crippen molar-refractivity contribution >= 4 is 23.7 Å². The third-order valence-electron chi connectivity index (χ3n) is 4.25. The number of nitrogens with one attached hydrogen (secondary N) is 2. The summed E-state index contributed by atoms with van der Waals surface area (Å²) in [5.74, 6) is 0.581. The van der Waals surface area contributed by atoms with Gasteiger partial charge in [0.15, 0.2) is 11.5 Å². The minimum Gasteiger partial charge on any atom is -0.493 e.